The molecule has 0 amide bonds. The van der Waals surface area contributed by atoms with Gasteiger partial charge in [-0.05, 0) is 43.7 Å². The summed E-state index contributed by atoms with van der Waals surface area (Å²) in [4.78, 5) is 0. The third-order valence-electron chi connectivity index (χ3n) is 3.55. The van der Waals surface area contributed by atoms with E-state index in [-0.39, 0.29) is 0 Å². The van der Waals surface area contributed by atoms with Crippen molar-refractivity contribution in [2.45, 2.75) is 19.9 Å². The molecule has 98 valence electrons. The first-order chi connectivity index (χ1) is 9.70. The first-order valence-corrected chi connectivity index (χ1v) is 6.81. The molecule has 2 nitrogen and oxygen atoms in total. The van der Waals surface area contributed by atoms with Gasteiger partial charge in [0.15, 0.2) is 0 Å². The largest absolute Gasteiger partial charge is 0.338 e. The topological polar surface area (TPSA) is 28.7 Å². The highest BCUT2D eigenvalue weighted by Gasteiger charge is 2.13. The van der Waals surface area contributed by atoms with Crippen LogP contribution in [0.4, 0.5) is 0 Å². The second-order valence-electron chi connectivity index (χ2n) is 5.24. The summed E-state index contributed by atoms with van der Waals surface area (Å²) in [6.07, 6.45) is 0. The van der Waals surface area contributed by atoms with E-state index in [0.29, 0.717) is 11.6 Å². The number of nitriles is 1. The monoisotopic (exact) mass is 260 g/mol. The van der Waals surface area contributed by atoms with Gasteiger partial charge in [0.2, 0.25) is 0 Å². The summed E-state index contributed by atoms with van der Waals surface area (Å²) in [7, 11) is 0. The van der Waals surface area contributed by atoms with E-state index in [1.165, 1.54) is 16.8 Å². The van der Waals surface area contributed by atoms with Gasteiger partial charge in [-0.25, -0.2) is 0 Å². The van der Waals surface area contributed by atoms with Gasteiger partial charge in [-0.15, -0.1) is 0 Å². The van der Waals surface area contributed by atoms with Gasteiger partial charge in [0.05, 0.1) is 11.6 Å². The lowest BCUT2D eigenvalue weighted by Crippen LogP contribution is -2.02. The van der Waals surface area contributed by atoms with Crippen LogP contribution in [-0.4, -0.2) is 4.57 Å². The molecule has 0 unspecified atom stereocenters. The lowest BCUT2D eigenvalue weighted by atomic mass is 10.1. The predicted octanol–water partition coefficient (Wildman–Crippen LogP) is 4.76. The van der Waals surface area contributed by atoms with Gasteiger partial charge in [-0.1, -0.05) is 30.3 Å². The zero-order valence-corrected chi connectivity index (χ0v) is 11.7. The summed E-state index contributed by atoms with van der Waals surface area (Å²) in [6, 6.07) is 21.0. The van der Waals surface area contributed by atoms with Crippen molar-refractivity contribution < 1.29 is 0 Å². The van der Waals surface area contributed by atoms with Crippen LogP contribution < -0.4 is 0 Å². The second-order valence-corrected chi connectivity index (χ2v) is 5.24. The number of hydrogen-bond acceptors (Lipinski definition) is 1. The van der Waals surface area contributed by atoms with Gasteiger partial charge in [-0.2, -0.15) is 5.26 Å². The molecular weight excluding hydrogens is 244 g/mol. The lowest BCUT2D eigenvalue weighted by molar-refractivity contribution is 0.629. The Balaban J connectivity index is 2.32. The van der Waals surface area contributed by atoms with Crippen LogP contribution in [0.2, 0.25) is 0 Å². The van der Waals surface area contributed by atoms with Crippen molar-refractivity contribution in [3.63, 3.8) is 0 Å². The van der Waals surface area contributed by atoms with Crippen LogP contribution in [0.25, 0.3) is 22.2 Å². The first-order valence-electron chi connectivity index (χ1n) is 6.81. The highest BCUT2D eigenvalue weighted by Crippen LogP contribution is 2.31. The molecule has 0 saturated carbocycles. The van der Waals surface area contributed by atoms with Gasteiger partial charge < -0.3 is 4.57 Å². The normalized spacial score (nSPS) is 10.9. The number of aromatic nitrogens is 1. The third-order valence-corrected chi connectivity index (χ3v) is 3.55. The zero-order valence-electron chi connectivity index (χ0n) is 11.7. The molecule has 0 aliphatic heterocycles. The van der Waals surface area contributed by atoms with E-state index in [0.717, 1.165) is 5.39 Å². The fraction of sp³-hybridized carbons (Fsp3) is 0.167. The van der Waals surface area contributed by atoms with Crippen LogP contribution in [0.1, 0.15) is 25.5 Å². The van der Waals surface area contributed by atoms with Crippen molar-refractivity contribution in [3.05, 3.63) is 60.2 Å². The predicted molar refractivity (Wildman–Crippen MR) is 82.5 cm³/mol. The zero-order chi connectivity index (χ0) is 14.1. The summed E-state index contributed by atoms with van der Waals surface area (Å²) in [6.45, 7) is 4.37. The molecule has 0 radical (unpaired) electrons. The molecule has 0 atom stereocenters. The maximum atomic E-state index is 9.04. The smallest absolute Gasteiger partial charge is 0.0991 e. The Morgan fingerprint density at radius 1 is 1.00 bits per heavy atom. The summed E-state index contributed by atoms with van der Waals surface area (Å²) in [5.74, 6) is 0. The Hall–Kier alpha value is -2.53. The molecular formula is C18H16N2. The summed E-state index contributed by atoms with van der Waals surface area (Å²) in [5.41, 5.74) is 4.29. The van der Waals surface area contributed by atoms with E-state index < -0.39 is 0 Å². The fourth-order valence-corrected chi connectivity index (χ4v) is 2.69. The molecule has 0 aliphatic rings. The molecule has 0 bridgehead atoms. The molecule has 0 N–H and O–H groups in total. The number of fused-ring (bicyclic) bond motifs is 1. The van der Waals surface area contributed by atoms with Gasteiger partial charge in [0.25, 0.3) is 0 Å². The molecule has 1 aromatic heterocycles. The van der Waals surface area contributed by atoms with Crippen LogP contribution in [-0.2, 0) is 0 Å². The van der Waals surface area contributed by atoms with E-state index in [4.69, 9.17) is 5.26 Å². The Labute approximate surface area is 118 Å². The molecule has 0 aliphatic carbocycles. The van der Waals surface area contributed by atoms with Crippen molar-refractivity contribution in [1.29, 1.82) is 5.26 Å². The minimum atomic E-state index is 0.371. The van der Waals surface area contributed by atoms with Crippen molar-refractivity contribution >= 4 is 10.9 Å². The highest BCUT2D eigenvalue weighted by molar-refractivity contribution is 5.88. The molecule has 2 heteroatoms. The molecule has 0 spiro atoms. The van der Waals surface area contributed by atoms with Crippen LogP contribution in [0.3, 0.4) is 0 Å². The Morgan fingerprint density at radius 2 is 1.75 bits per heavy atom. The molecule has 3 aromatic rings. The van der Waals surface area contributed by atoms with Crippen molar-refractivity contribution in [2.24, 2.45) is 0 Å². The van der Waals surface area contributed by atoms with Crippen LogP contribution in [0, 0.1) is 11.3 Å². The minimum Gasteiger partial charge on any atom is -0.338 e. The minimum absolute atomic E-state index is 0.371. The van der Waals surface area contributed by atoms with E-state index in [1.54, 1.807) is 0 Å². The lowest BCUT2D eigenvalue weighted by Gasteiger charge is -2.14. The Kier molecular flexibility index (Phi) is 3.04. The highest BCUT2D eigenvalue weighted by atomic mass is 15.0. The summed E-state index contributed by atoms with van der Waals surface area (Å²) in [5, 5.41) is 10.2. The van der Waals surface area contributed by atoms with Crippen molar-refractivity contribution in [1.82, 2.24) is 4.57 Å². The summed E-state index contributed by atoms with van der Waals surface area (Å²) < 4.78 is 2.33. The summed E-state index contributed by atoms with van der Waals surface area (Å²) >= 11 is 0. The maximum absolute atomic E-state index is 9.04. The van der Waals surface area contributed by atoms with Gasteiger partial charge >= 0.3 is 0 Å². The molecule has 0 saturated heterocycles. The fourth-order valence-electron chi connectivity index (χ4n) is 2.69. The van der Waals surface area contributed by atoms with Gasteiger partial charge in [-0.3, -0.25) is 0 Å². The SMILES string of the molecule is CC(C)n1c(-c2ccccc2)cc2cc(C#N)ccc21. The molecule has 20 heavy (non-hydrogen) atoms. The third kappa shape index (κ3) is 1.98. The van der Waals surface area contributed by atoms with Crippen molar-refractivity contribution in [2.75, 3.05) is 0 Å². The van der Waals surface area contributed by atoms with E-state index in [1.807, 2.05) is 24.3 Å². The first kappa shape index (κ1) is 12.5. The number of benzene rings is 2. The van der Waals surface area contributed by atoms with Crippen LogP contribution >= 0.6 is 0 Å². The van der Waals surface area contributed by atoms with E-state index in [2.05, 4.69) is 54.8 Å². The Morgan fingerprint density at radius 3 is 2.40 bits per heavy atom. The second kappa shape index (κ2) is 4.86. The van der Waals surface area contributed by atoms with Gasteiger partial charge in [0.1, 0.15) is 0 Å². The number of hydrogen-bond donors (Lipinski definition) is 0. The number of nitrogens with zero attached hydrogens (tertiary/aromatic N) is 2. The average Bonchev–Trinajstić information content (AvgIpc) is 2.86. The quantitative estimate of drug-likeness (QED) is 0.653. The molecule has 3 rings (SSSR count). The maximum Gasteiger partial charge on any atom is 0.0991 e. The average molecular weight is 260 g/mol. The van der Waals surface area contributed by atoms with Crippen molar-refractivity contribution in [3.8, 4) is 17.3 Å². The molecule has 0 fully saturated rings. The van der Waals surface area contributed by atoms with Gasteiger partial charge in [0, 0.05) is 22.6 Å². The number of rotatable bonds is 2. The standard InChI is InChI=1S/C18H16N2/c1-13(2)20-17-9-8-14(12-19)10-16(17)11-18(20)15-6-4-3-5-7-15/h3-11,13H,1-2H3. The van der Waals surface area contributed by atoms with Crippen LogP contribution in [0.15, 0.2) is 54.6 Å². The van der Waals surface area contributed by atoms with E-state index in [9.17, 15) is 0 Å². The molecule has 2 aromatic carbocycles. The Bertz CT molecular complexity index is 789. The van der Waals surface area contributed by atoms with Crippen LogP contribution in [0.5, 0.6) is 0 Å². The van der Waals surface area contributed by atoms with E-state index >= 15 is 0 Å². The molecule has 1 heterocycles.